The summed E-state index contributed by atoms with van der Waals surface area (Å²) in [5, 5.41) is 140. The number of hydrogen-bond acceptors (Lipinski definition) is 21. The van der Waals surface area contributed by atoms with E-state index in [1.165, 1.54) is 12.5 Å². The van der Waals surface area contributed by atoms with E-state index in [1.54, 1.807) is 0 Å². The summed E-state index contributed by atoms with van der Waals surface area (Å²) in [7, 11) is 0. The van der Waals surface area contributed by atoms with Crippen LogP contribution in [0.15, 0.2) is 11.6 Å². The molecule has 22 heteroatoms. The number of aliphatic hydroxyl groups excluding tert-OH is 12. The lowest BCUT2D eigenvalue weighted by molar-refractivity contribution is -0.373. The lowest BCUT2D eigenvalue weighted by Crippen LogP contribution is -2.70. The molecule has 4 aliphatic heterocycles. The number of allylic oxidation sites excluding steroid dienone is 2. The molecule has 0 radical (unpaired) electrons. The van der Waals surface area contributed by atoms with Crippen LogP contribution in [0.3, 0.4) is 0 Å². The molecule has 13 N–H and O–H groups in total. The van der Waals surface area contributed by atoms with Gasteiger partial charge in [0, 0.05) is 0 Å². The maximum Gasteiger partial charge on any atom is 0.335 e. The minimum atomic E-state index is -2.03. The van der Waals surface area contributed by atoms with Gasteiger partial charge in [-0.3, -0.25) is 4.79 Å². The van der Waals surface area contributed by atoms with Crippen LogP contribution in [0.5, 0.6) is 0 Å². The second-order valence-corrected chi connectivity index (χ2v) is 26.4. The van der Waals surface area contributed by atoms with Gasteiger partial charge in [-0.25, -0.2) is 4.79 Å². The highest BCUT2D eigenvalue weighted by molar-refractivity contribution is 5.79. The first-order chi connectivity index (χ1) is 35.4. The number of carbonyl (C=O) groups is 2. The lowest BCUT2D eigenvalue weighted by atomic mass is 9.33. The monoisotopic (exact) mass is 1090 g/mol. The van der Waals surface area contributed by atoms with Gasteiger partial charge >= 0.3 is 11.9 Å². The Bertz CT molecular complexity index is 2160. The number of esters is 1. The first-order valence-corrected chi connectivity index (χ1v) is 27.5. The minimum absolute atomic E-state index is 0.0350. The SMILES string of the molecule is C[C@H]1O[C@@H](O[C@H]2[C@H](O)[C@@H](C(=O)O)O[C@@H]([C@H]3CC[C@@]4(C)C(CC[C@]5(C)[C@@H]4CC=C4[C@@H]6CC(C)(C)CC[C@]6(C(=O)O[C@@H]6O[C@H](CO)[C@@H](O)[C@H](O)[C@H]6O)CC[C@]45C)C3(C)C)[C@@H]2O[C@@H]2O[C@H](CO)[C@@H](O)[C@H](O)[C@H]2O)[C@H](O)[C@@H](O)[C@@H]1O. The van der Waals surface area contributed by atoms with E-state index in [9.17, 15) is 76.0 Å². The molecular weight excluding hydrogens is 1000 g/mol. The topological polar surface area (TPSA) is 362 Å². The number of hydrogen-bond donors (Lipinski definition) is 13. The Hall–Kier alpha value is -2.04. The summed E-state index contributed by atoms with van der Waals surface area (Å²) in [5.74, 6) is -2.79. The fourth-order valence-corrected chi connectivity index (χ4v) is 17.0. The maximum atomic E-state index is 14.8. The van der Waals surface area contributed by atoms with E-state index in [4.69, 9.17) is 33.2 Å². The first kappa shape index (κ1) is 58.6. The Kier molecular flexibility index (Phi) is 16.0. The summed E-state index contributed by atoms with van der Waals surface area (Å²) in [6.07, 6.45) is -24.5. The molecule has 1 unspecified atom stereocenters. The van der Waals surface area contributed by atoms with Gasteiger partial charge in [-0.15, -0.1) is 0 Å². The molecule has 8 fully saturated rings. The predicted octanol–water partition coefficient (Wildman–Crippen LogP) is -0.642. The Labute approximate surface area is 443 Å². The highest BCUT2D eigenvalue weighted by Crippen LogP contribution is 2.76. The number of fused-ring (bicyclic) bond motifs is 7. The summed E-state index contributed by atoms with van der Waals surface area (Å²) in [6.45, 7) is 15.6. The van der Waals surface area contributed by atoms with Crippen LogP contribution in [-0.2, 0) is 42.7 Å². The number of carboxylic acid groups (broad SMARTS) is 1. The molecular formula is C54H86O22. The van der Waals surface area contributed by atoms with Crippen molar-refractivity contribution in [2.24, 2.45) is 56.2 Å². The van der Waals surface area contributed by atoms with Crippen molar-refractivity contribution in [1.82, 2.24) is 0 Å². The molecule has 9 aliphatic rings. The number of carboxylic acids is 1. The molecule has 22 nitrogen and oxygen atoms in total. The van der Waals surface area contributed by atoms with E-state index in [0.29, 0.717) is 44.9 Å². The van der Waals surface area contributed by atoms with Crippen molar-refractivity contribution in [1.29, 1.82) is 0 Å². The smallest absolute Gasteiger partial charge is 0.335 e. The zero-order chi connectivity index (χ0) is 55.7. The van der Waals surface area contributed by atoms with Crippen LogP contribution in [0.2, 0.25) is 0 Å². The van der Waals surface area contributed by atoms with Crippen molar-refractivity contribution >= 4 is 11.9 Å². The van der Waals surface area contributed by atoms with Gasteiger partial charge in [0.2, 0.25) is 6.29 Å². The fourth-order valence-electron chi connectivity index (χ4n) is 17.0. The maximum absolute atomic E-state index is 14.8. The van der Waals surface area contributed by atoms with Gasteiger partial charge in [-0.05, 0) is 122 Å². The molecule has 5 aliphatic carbocycles. The van der Waals surface area contributed by atoms with Crippen molar-refractivity contribution in [2.45, 2.75) is 242 Å². The summed E-state index contributed by atoms with van der Waals surface area (Å²) in [5.41, 5.74) is -1.59. The molecule has 76 heavy (non-hydrogen) atoms. The van der Waals surface area contributed by atoms with Gasteiger partial charge in [-0.1, -0.05) is 60.1 Å². The van der Waals surface area contributed by atoms with E-state index in [2.05, 4.69) is 54.5 Å². The normalized spacial score (nSPS) is 53.9. The van der Waals surface area contributed by atoms with E-state index in [0.717, 1.165) is 19.3 Å². The summed E-state index contributed by atoms with van der Waals surface area (Å²) in [4.78, 5) is 27.9. The van der Waals surface area contributed by atoms with Crippen LogP contribution in [0.25, 0.3) is 0 Å². The molecule has 434 valence electrons. The van der Waals surface area contributed by atoms with Gasteiger partial charge in [-0.2, -0.15) is 0 Å². The molecule has 0 amide bonds. The quantitative estimate of drug-likeness (QED) is 0.0956. The van der Waals surface area contributed by atoms with Crippen molar-refractivity contribution in [3.8, 4) is 0 Å². The summed E-state index contributed by atoms with van der Waals surface area (Å²) in [6, 6.07) is 0. The third kappa shape index (κ3) is 9.15. The third-order valence-corrected chi connectivity index (χ3v) is 21.7. The summed E-state index contributed by atoms with van der Waals surface area (Å²) >= 11 is 0. The average molecular weight is 1090 g/mol. The molecule has 4 heterocycles. The van der Waals surface area contributed by atoms with Crippen LogP contribution < -0.4 is 0 Å². The highest BCUT2D eigenvalue weighted by atomic mass is 16.8. The van der Waals surface area contributed by atoms with Crippen molar-refractivity contribution in [3.05, 3.63) is 11.6 Å². The zero-order valence-electron chi connectivity index (χ0n) is 44.9. The Balaban J connectivity index is 1.04. The minimum Gasteiger partial charge on any atom is -0.479 e. The molecule has 0 aromatic carbocycles. The van der Waals surface area contributed by atoms with Gasteiger partial charge < -0.3 is 99.5 Å². The number of ether oxygens (including phenoxy) is 7. The summed E-state index contributed by atoms with van der Waals surface area (Å²) < 4.78 is 42.5. The lowest BCUT2D eigenvalue weighted by Gasteiger charge is -2.72. The molecule has 4 saturated heterocycles. The average Bonchev–Trinajstić information content (AvgIpc) is 3.54. The Morgan fingerprint density at radius 1 is 0.605 bits per heavy atom. The van der Waals surface area contributed by atoms with Crippen LogP contribution >= 0.6 is 0 Å². The molecule has 9 rings (SSSR count). The van der Waals surface area contributed by atoms with Gasteiger partial charge in [0.05, 0.1) is 30.8 Å². The molecule has 0 spiro atoms. The number of rotatable bonds is 10. The van der Waals surface area contributed by atoms with Crippen LogP contribution in [0, 0.1) is 56.2 Å². The Morgan fingerprint density at radius 3 is 1.76 bits per heavy atom. The predicted molar refractivity (Wildman–Crippen MR) is 261 cm³/mol. The van der Waals surface area contributed by atoms with Crippen LogP contribution in [-0.4, -0.2) is 214 Å². The van der Waals surface area contributed by atoms with E-state index in [1.807, 2.05) is 0 Å². The van der Waals surface area contributed by atoms with Gasteiger partial charge in [0.15, 0.2) is 18.7 Å². The van der Waals surface area contributed by atoms with Crippen molar-refractivity contribution in [3.63, 3.8) is 0 Å². The molecule has 0 bridgehead atoms. The second-order valence-electron chi connectivity index (χ2n) is 26.4. The van der Waals surface area contributed by atoms with Crippen LogP contribution in [0.1, 0.15) is 120 Å². The molecule has 0 aromatic heterocycles. The van der Waals surface area contributed by atoms with Crippen molar-refractivity contribution in [2.75, 3.05) is 13.2 Å². The molecule has 4 saturated carbocycles. The van der Waals surface area contributed by atoms with E-state index in [-0.39, 0.29) is 39.4 Å². The molecule has 28 atom stereocenters. The number of aliphatic carboxylic acids is 1. The number of aliphatic hydroxyl groups is 12. The highest BCUT2D eigenvalue weighted by Gasteiger charge is 2.71. The van der Waals surface area contributed by atoms with Crippen LogP contribution in [0.4, 0.5) is 0 Å². The fraction of sp³-hybridized carbons (Fsp3) is 0.926. The molecule has 0 aromatic rings. The van der Waals surface area contributed by atoms with Gasteiger partial charge in [0.25, 0.3) is 0 Å². The largest absolute Gasteiger partial charge is 0.479 e. The standard InChI is InChI=1S/C54H86O22/c1-22-30(57)33(60)36(63)45(70-22)74-41-39(66)42(44(67)68)73-40(43(41)75-46-37(64)34(61)31(58)26(20-55)71-46)24-11-13-51(6)28(50(24,4)5)12-14-53(8)29(51)10-9-23-25-19-49(2,3)15-17-54(25,18-16-52(23,53)7)48(69)76-47-38(65)35(62)32(59)27(21-56)72-47/h9,22,24-43,45-47,55-66H,10-21H2,1-8H3,(H,67,68)/t22-,24-,25+,26-,27-,28?,29-,30-,31-,32-,33+,34+,35+,36-,37-,38-,39+,40+,41+,42+,43+,45+,46+,47+,51+,52-,53-,54+/m1/s1. The first-order valence-electron chi connectivity index (χ1n) is 27.5. The second kappa shape index (κ2) is 20.7. The third-order valence-electron chi connectivity index (χ3n) is 21.7. The van der Waals surface area contributed by atoms with E-state index < -0.39 is 165 Å². The zero-order valence-corrected chi connectivity index (χ0v) is 44.9. The van der Waals surface area contributed by atoms with Crippen molar-refractivity contribution < 1.29 is 109 Å². The van der Waals surface area contributed by atoms with Gasteiger partial charge in [0.1, 0.15) is 85.5 Å². The number of carbonyl (C=O) groups excluding carboxylic acids is 1. The van der Waals surface area contributed by atoms with E-state index >= 15 is 0 Å². The Morgan fingerprint density at radius 2 is 1.16 bits per heavy atom.